The molecule has 0 spiro atoms. The molecular weight excluding hydrogens is 390 g/mol. The van der Waals surface area contributed by atoms with Crippen LogP contribution in [0.4, 0.5) is 0 Å². The van der Waals surface area contributed by atoms with Crippen molar-refractivity contribution in [3.05, 3.63) is 48.0 Å². The third-order valence-electron chi connectivity index (χ3n) is 4.48. The Labute approximate surface area is 170 Å². The number of sulfonamides is 1. The first-order chi connectivity index (χ1) is 13.9. The molecule has 152 valence electrons. The van der Waals surface area contributed by atoms with E-state index in [2.05, 4.69) is 15.8 Å². The topological polar surface area (TPSA) is 104 Å². The van der Waals surface area contributed by atoms with Gasteiger partial charge in [0.2, 0.25) is 10.0 Å². The molecule has 1 heterocycles. The molecule has 0 aliphatic carbocycles. The Morgan fingerprint density at radius 3 is 2.52 bits per heavy atom. The second-order valence-electron chi connectivity index (χ2n) is 6.59. The predicted molar refractivity (Wildman–Crippen MR) is 113 cm³/mol. The maximum atomic E-state index is 11.1. The van der Waals surface area contributed by atoms with Gasteiger partial charge in [0.15, 0.2) is 0 Å². The third kappa shape index (κ3) is 5.28. The third-order valence-corrected chi connectivity index (χ3v) is 5.21. The zero-order valence-electron chi connectivity index (χ0n) is 16.4. The molecule has 0 radical (unpaired) electrons. The summed E-state index contributed by atoms with van der Waals surface area (Å²) in [5, 5.41) is 10.1. The van der Waals surface area contributed by atoms with Gasteiger partial charge < -0.3 is 14.5 Å². The minimum absolute atomic E-state index is 0.211. The highest BCUT2D eigenvalue weighted by Gasteiger charge is 2.14. The molecule has 29 heavy (non-hydrogen) atoms. The van der Waals surface area contributed by atoms with Crippen LogP contribution in [-0.2, 0) is 16.4 Å². The Bertz CT molecular complexity index is 1130. The van der Waals surface area contributed by atoms with Gasteiger partial charge in [-0.1, -0.05) is 0 Å². The van der Waals surface area contributed by atoms with Crippen LogP contribution in [0.5, 0.6) is 11.5 Å². The molecule has 0 fully saturated rings. The Balaban J connectivity index is 1.82. The maximum absolute atomic E-state index is 11.1. The van der Waals surface area contributed by atoms with E-state index < -0.39 is 10.0 Å². The van der Waals surface area contributed by atoms with Crippen LogP contribution in [0.1, 0.15) is 12.0 Å². The van der Waals surface area contributed by atoms with Gasteiger partial charge in [-0.3, -0.25) is 0 Å². The lowest BCUT2D eigenvalue weighted by molar-refractivity contribution is 0.323. The summed E-state index contributed by atoms with van der Waals surface area (Å²) >= 11 is 0. The average molecular weight is 413 g/mol. The van der Waals surface area contributed by atoms with Gasteiger partial charge in [0.05, 0.1) is 19.4 Å². The number of methoxy groups -OCH3 is 1. The minimum atomic E-state index is -3.22. The van der Waals surface area contributed by atoms with Crippen LogP contribution in [-0.4, -0.2) is 39.9 Å². The van der Waals surface area contributed by atoms with Crippen molar-refractivity contribution < 1.29 is 17.9 Å². The van der Waals surface area contributed by atoms with Crippen LogP contribution < -0.4 is 14.2 Å². The number of hydrogen-bond acceptors (Lipinski definition) is 5. The molecule has 0 amide bonds. The molecule has 3 aromatic rings. The summed E-state index contributed by atoms with van der Waals surface area (Å²) in [6.45, 7) is 0.453. The number of rotatable bonds is 9. The lowest BCUT2D eigenvalue weighted by Gasteiger charge is -2.08. The largest absolute Gasteiger partial charge is 0.497 e. The fraction of sp³-hybridized carbons (Fsp3) is 0.286. The maximum Gasteiger partial charge on any atom is 0.208 e. The van der Waals surface area contributed by atoms with Crippen molar-refractivity contribution in [3.63, 3.8) is 0 Å². The molecule has 0 aliphatic heterocycles. The Kier molecular flexibility index (Phi) is 6.42. The molecular formula is C21H23N3O4S. The Morgan fingerprint density at radius 1 is 1.14 bits per heavy atom. The fourth-order valence-corrected chi connectivity index (χ4v) is 3.62. The number of benzene rings is 2. The summed E-state index contributed by atoms with van der Waals surface area (Å²) in [6, 6.07) is 15.6. The van der Waals surface area contributed by atoms with E-state index in [1.54, 1.807) is 7.11 Å². The van der Waals surface area contributed by atoms with E-state index >= 15 is 0 Å². The van der Waals surface area contributed by atoms with Gasteiger partial charge in [-0.15, -0.1) is 0 Å². The van der Waals surface area contributed by atoms with Crippen LogP contribution in [0.3, 0.4) is 0 Å². The minimum Gasteiger partial charge on any atom is -0.497 e. The second kappa shape index (κ2) is 8.99. The number of ether oxygens (including phenoxy) is 2. The quantitative estimate of drug-likeness (QED) is 0.524. The highest BCUT2D eigenvalue weighted by atomic mass is 32.2. The number of fused-ring (bicyclic) bond motifs is 1. The first kappa shape index (κ1) is 20.7. The number of aryl methyl sites for hydroxylation is 1. The van der Waals surface area contributed by atoms with Gasteiger partial charge in [0.25, 0.3) is 0 Å². The summed E-state index contributed by atoms with van der Waals surface area (Å²) in [7, 11) is -1.59. The first-order valence-electron chi connectivity index (χ1n) is 9.14. The molecule has 8 heteroatoms. The van der Waals surface area contributed by atoms with Crippen molar-refractivity contribution in [2.45, 2.75) is 12.8 Å². The van der Waals surface area contributed by atoms with E-state index in [0.717, 1.165) is 39.7 Å². The number of H-pyrrole nitrogens is 1. The lowest BCUT2D eigenvalue weighted by atomic mass is 10.0. The number of nitrogens with one attached hydrogen (secondary N) is 2. The van der Waals surface area contributed by atoms with Crippen LogP contribution >= 0.6 is 0 Å². The van der Waals surface area contributed by atoms with Gasteiger partial charge in [0, 0.05) is 35.6 Å². The molecule has 2 aromatic carbocycles. The molecule has 0 unspecified atom stereocenters. The fourth-order valence-electron chi connectivity index (χ4n) is 3.16. The number of nitrogens with zero attached hydrogens (tertiary/aromatic N) is 1. The summed E-state index contributed by atoms with van der Waals surface area (Å²) in [5.74, 6) is 1.42. The molecule has 1 aromatic heterocycles. The van der Waals surface area contributed by atoms with Crippen LogP contribution in [0.15, 0.2) is 42.5 Å². The van der Waals surface area contributed by atoms with Crippen molar-refractivity contribution in [2.24, 2.45) is 0 Å². The van der Waals surface area contributed by atoms with Gasteiger partial charge in [-0.2, -0.15) is 5.26 Å². The molecule has 3 rings (SSSR count). The highest BCUT2D eigenvalue weighted by Crippen LogP contribution is 2.33. The van der Waals surface area contributed by atoms with Gasteiger partial charge in [0.1, 0.15) is 18.1 Å². The summed E-state index contributed by atoms with van der Waals surface area (Å²) in [5.41, 5.74) is 4.00. The molecule has 2 N–H and O–H groups in total. The molecule has 0 atom stereocenters. The van der Waals surface area contributed by atoms with Crippen molar-refractivity contribution in [2.75, 3.05) is 26.5 Å². The molecule has 7 nitrogen and oxygen atoms in total. The number of aromatic amines is 1. The average Bonchev–Trinajstić information content (AvgIpc) is 3.07. The standard InChI is InChI=1S/C21H23N3O4S/c1-27-17-9-10-18-19(4-3-11-22)21(24-20(18)14-17)15-5-7-16(8-6-15)28-13-12-23-29(2,25)26/h5-10,14,23-24H,3-4,12-13H2,1-2H3. The van der Waals surface area contributed by atoms with E-state index in [9.17, 15) is 8.42 Å². The monoisotopic (exact) mass is 413 g/mol. The number of aromatic nitrogens is 1. The van der Waals surface area contributed by atoms with Crippen molar-refractivity contribution in [1.82, 2.24) is 9.71 Å². The zero-order valence-corrected chi connectivity index (χ0v) is 17.2. The van der Waals surface area contributed by atoms with Crippen molar-refractivity contribution in [3.8, 4) is 28.8 Å². The Morgan fingerprint density at radius 2 is 1.86 bits per heavy atom. The molecule has 0 saturated carbocycles. The SMILES string of the molecule is COc1ccc2c(CCC#N)c(-c3ccc(OCCNS(C)(=O)=O)cc3)[nH]c2c1. The van der Waals surface area contributed by atoms with E-state index in [-0.39, 0.29) is 13.2 Å². The second-order valence-corrected chi connectivity index (χ2v) is 8.42. The van der Waals surface area contributed by atoms with Crippen LogP contribution in [0, 0.1) is 11.3 Å². The normalized spacial score (nSPS) is 11.3. The summed E-state index contributed by atoms with van der Waals surface area (Å²) in [6.07, 6.45) is 2.19. The van der Waals surface area contributed by atoms with E-state index in [1.807, 2.05) is 42.5 Å². The molecule has 0 aliphatic rings. The molecule has 0 bridgehead atoms. The number of hydrogen-bond donors (Lipinski definition) is 2. The van der Waals surface area contributed by atoms with Crippen LogP contribution in [0.2, 0.25) is 0 Å². The van der Waals surface area contributed by atoms with Gasteiger partial charge in [-0.25, -0.2) is 13.1 Å². The Hall–Kier alpha value is -3.02. The van der Waals surface area contributed by atoms with E-state index in [0.29, 0.717) is 18.6 Å². The molecule has 0 saturated heterocycles. The number of nitriles is 1. The van der Waals surface area contributed by atoms with E-state index in [1.165, 1.54) is 0 Å². The van der Waals surface area contributed by atoms with Crippen molar-refractivity contribution in [1.29, 1.82) is 5.26 Å². The lowest BCUT2D eigenvalue weighted by Crippen LogP contribution is -2.26. The highest BCUT2D eigenvalue weighted by molar-refractivity contribution is 7.88. The zero-order chi connectivity index (χ0) is 20.9. The first-order valence-corrected chi connectivity index (χ1v) is 11.0. The summed E-state index contributed by atoms with van der Waals surface area (Å²) in [4.78, 5) is 3.45. The van der Waals surface area contributed by atoms with Gasteiger partial charge in [-0.05, 0) is 53.9 Å². The summed E-state index contributed by atoms with van der Waals surface area (Å²) < 4.78 is 35.4. The van der Waals surface area contributed by atoms with E-state index in [4.69, 9.17) is 14.7 Å². The van der Waals surface area contributed by atoms with Crippen molar-refractivity contribution >= 4 is 20.9 Å². The smallest absolute Gasteiger partial charge is 0.208 e. The van der Waals surface area contributed by atoms with Crippen LogP contribution in [0.25, 0.3) is 22.2 Å². The van der Waals surface area contributed by atoms with Gasteiger partial charge >= 0.3 is 0 Å². The predicted octanol–water partition coefficient (Wildman–Crippen LogP) is 3.23.